The van der Waals surface area contributed by atoms with E-state index in [1.54, 1.807) is 12.4 Å². The van der Waals surface area contributed by atoms with Crippen LogP contribution in [0.25, 0.3) is 11.0 Å². The number of aromatic nitrogens is 1. The largest absolute Gasteiger partial charge is 0.437 e. The Hall–Kier alpha value is -2.20. The quantitative estimate of drug-likeness (QED) is 0.735. The van der Waals surface area contributed by atoms with Crippen molar-refractivity contribution in [1.29, 1.82) is 0 Å². The molecule has 2 heterocycles. The molecule has 2 aromatic heterocycles. The number of nitrogens with two attached hydrogens (primary N) is 1. The number of hydrogen-bond donors (Lipinski definition) is 2. The molecule has 3 rings (SSSR count). The topological polar surface area (TPSA) is 64.1 Å². The van der Waals surface area contributed by atoms with E-state index in [-0.39, 0.29) is 0 Å². The number of halogens is 1. The Morgan fingerprint density at radius 2 is 1.94 bits per heavy atom. The number of benzene rings is 1. The van der Waals surface area contributed by atoms with Crippen molar-refractivity contribution in [2.24, 2.45) is 0 Å². The van der Waals surface area contributed by atoms with Gasteiger partial charge in [-0.15, -0.1) is 0 Å². The van der Waals surface area contributed by atoms with E-state index in [9.17, 15) is 0 Å². The summed E-state index contributed by atoms with van der Waals surface area (Å²) in [5.74, 6) is 0.341. The zero-order valence-corrected chi connectivity index (χ0v) is 10.1. The summed E-state index contributed by atoms with van der Waals surface area (Å²) in [5, 5.41) is 4.81. The van der Waals surface area contributed by atoms with Crippen molar-refractivity contribution < 1.29 is 4.42 Å². The molecule has 0 bridgehead atoms. The summed E-state index contributed by atoms with van der Waals surface area (Å²) in [5.41, 5.74) is 8.15. The van der Waals surface area contributed by atoms with Gasteiger partial charge in [-0.3, -0.25) is 4.98 Å². The number of nitrogens with one attached hydrogen (secondary N) is 1. The van der Waals surface area contributed by atoms with Crippen molar-refractivity contribution in [3.63, 3.8) is 0 Å². The van der Waals surface area contributed by atoms with Crippen LogP contribution in [0.5, 0.6) is 0 Å². The van der Waals surface area contributed by atoms with Crippen LogP contribution < -0.4 is 11.1 Å². The lowest BCUT2D eigenvalue weighted by Gasteiger charge is -2.05. The number of rotatable bonds is 2. The second-order valence-electron chi connectivity index (χ2n) is 3.85. The molecule has 0 aliphatic heterocycles. The number of hydrogen-bond acceptors (Lipinski definition) is 4. The Morgan fingerprint density at radius 3 is 2.72 bits per heavy atom. The highest BCUT2D eigenvalue weighted by atomic mass is 35.5. The van der Waals surface area contributed by atoms with Gasteiger partial charge in [0.05, 0.1) is 6.20 Å². The number of furan rings is 1. The molecule has 5 heteroatoms. The highest BCUT2D eigenvalue weighted by Gasteiger charge is 2.11. The van der Waals surface area contributed by atoms with E-state index >= 15 is 0 Å². The maximum absolute atomic E-state index is 5.85. The monoisotopic (exact) mass is 259 g/mol. The van der Waals surface area contributed by atoms with E-state index in [0.29, 0.717) is 16.5 Å². The average molecular weight is 260 g/mol. The lowest BCUT2D eigenvalue weighted by molar-refractivity contribution is 0.636. The minimum absolute atomic E-state index is 0.341. The van der Waals surface area contributed by atoms with Crippen molar-refractivity contribution >= 4 is 39.8 Å². The minimum atomic E-state index is 0.341. The first-order valence-corrected chi connectivity index (χ1v) is 5.76. The molecule has 0 atom stereocenters. The van der Waals surface area contributed by atoms with Gasteiger partial charge in [0.25, 0.3) is 0 Å². The molecule has 0 aliphatic rings. The van der Waals surface area contributed by atoms with Gasteiger partial charge in [-0.05, 0) is 30.3 Å². The molecule has 1 aromatic carbocycles. The van der Waals surface area contributed by atoms with Crippen molar-refractivity contribution in [2.75, 3.05) is 11.1 Å². The molecule has 18 heavy (non-hydrogen) atoms. The molecule has 4 nitrogen and oxygen atoms in total. The molecule has 0 radical (unpaired) electrons. The van der Waals surface area contributed by atoms with E-state index in [4.69, 9.17) is 21.8 Å². The van der Waals surface area contributed by atoms with Crippen LogP contribution in [0.2, 0.25) is 5.02 Å². The molecule has 0 fully saturated rings. The summed E-state index contributed by atoms with van der Waals surface area (Å²) in [6, 6.07) is 9.23. The summed E-state index contributed by atoms with van der Waals surface area (Å²) in [6.07, 6.45) is 3.34. The van der Waals surface area contributed by atoms with Gasteiger partial charge in [0.2, 0.25) is 5.88 Å². The molecule has 3 N–H and O–H groups in total. The first kappa shape index (κ1) is 10.9. The fourth-order valence-corrected chi connectivity index (χ4v) is 1.90. The first-order valence-electron chi connectivity index (χ1n) is 5.38. The summed E-state index contributed by atoms with van der Waals surface area (Å²) in [7, 11) is 0. The highest BCUT2D eigenvalue weighted by molar-refractivity contribution is 6.30. The molecule has 90 valence electrons. The highest BCUT2D eigenvalue weighted by Crippen LogP contribution is 2.34. The van der Waals surface area contributed by atoms with Gasteiger partial charge < -0.3 is 15.5 Å². The molecular formula is C13H10ClN3O. The van der Waals surface area contributed by atoms with E-state index < -0.39 is 0 Å². The van der Waals surface area contributed by atoms with Gasteiger partial charge in [0.1, 0.15) is 5.69 Å². The lowest BCUT2D eigenvalue weighted by Crippen LogP contribution is -1.93. The average Bonchev–Trinajstić information content (AvgIpc) is 2.69. The minimum Gasteiger partial charge on any atom is -0.437 e. The van der Waals surface area contributed by atoms with Gasteiger partial charge >= 0.3 is 0 Å². The van der Waals surface area contributed by atoms with E-state index in [0.717, 1.165) is 16.8 Å². The molecule has 0 saturated heterocycles. The molecule has 3 aromatic rings. The van der Waals surface area contributed by atoms with Gasteiger partial charge in [-0.1, -0.05) is 11.6 Å². The Bertz CT molecular complexity index is 691. The van der Waals surface area contributed by atoms with Gasteiger partial charge in [-0.2, -0.15) is 0 Å². The Morgan fingerprint density at radius 1 is 1.17 bits per heavy atom. The summed E-state index contributed by atoms with van der Waals surface area (Å²) in [4.78, 5) is 3.99. The SMILES string of the molecule is Nc1oc2cnccc2c1Nc1ccc(Cl)cc1. The van der Waals surface area contributed by atoms with Crippen LogP contribution in [-0.2, 0) is 0 Å². The number of nitrogens with zero attached hydrogens (tertiary/aromatic N) is 1. The first-order chi connectivity index (χ1) is 8.74. The predicted molar refractivity (Wildman–Crippen MR) is 73.2 cm³/mol. The van der Waals surface area contributed by atoms with Gasteiger partial charge in [0.15, 0.2) is 5.58 Å². The molecule has 0 unspecified atom stereocenters. The Balaban J connectivity index is 2.04. The molecular weight excluding hydrogens is 250 g/mol. The third-order valence-electron chi connectivity index (χ3n) is 2.63. The van der Waals surface area contributed by atoms with Crippen molar-refractivity contribution in [2.45, 2.75) is 0 Å². The third kappa shape index (κ3) is 1.87. The molecule has 0 aliphatic carbocycles. The maximum atomic E-state index is 5.85. The normalized spacial score (nSPS) is 10.7. The van der Waals surface area contributed by atoms with E-state index in [2.05, 4.69) is 10.3 Å². The summed E-state index contributed by atoms with van der Waals surface area (Å²) < 4.78 is 5.42. The zero-order valence-electron chi connectivity index (χ0n) is 9.35. The van der Waals surface area contributed by atoms with Gasteiger partial charge in [-0.25, -0.2) is 0 Å². The standard InChI is InChI=1S/C13H10ClN3O/c14-8-1-3-9(4-2-8)17-12-10-5-6-16-7-11(10)18-13(12)15/h1-7,17H,15H2. The van der Waals surface area contributed by atoms with Crippen LogP contribution in [0.15, 0.2) is 47.1 Å². The van der Waals surface area contributed by atoms with Crippen molar-refractivity contribution in [1.82, 2.24) is 4.98 Å². The fourth-order valence-electron chi connectivity index (χ4n) is 1.78. The predicted octanol–water partition coefficient (Wildman–Crippen LogP) is 3.81. The molecule has 0 saturated carbocycles. The summed E-state index contributed by atoms with van der Waals surface area (Å²) in [6.45, 7) is 0. The second kappa shape index (κ2) is 4.23. The maximum Gasteiger partial charge on any atom is 0.215 e. The van der Waals surface area contributed by atoms with Gasteiger partial charge in [0, 0.05) is 22.3 Å². The molecule has 0 spiro atoms. The molecule has 0 amide bonds. The number of fused-ring (bicyclic) bond motifs is 1. The van der Waals surface area contributed by atoms with Crippen molar-refractivity contribution in [3.8, 4) is 0 Å². The van der Waals surface area contributed by atoms with Crippen LogP contribution in [0.3, 0.4) is 0 Å². The Kier molecular flexibility index (Phi) is 2.57. The van der Waals surface area contributed by atoms with Crippen LogP contribution in [-0.4, -0.2) is 4.98 Å². The second-order valence-corrected chi connectivity index (χ2v) is 4.28. The number of anilines is 3. The van der Waals surface area contributed by atoms with Crippen molar-refractivity contribution in [3.05, 3.63) is 47.7 Å². The third-order valence-corrected chi connectivity index (χ3v) is 2.89. The summed E-state index contributed by atoms with van der Waals surface area (Å²) >= 11 is 5.84. The lowest BCUT2D eigenvalue weighted by atomic mass is 10.2. The number of pyridine rings is 1. The fraction of sp³-hybridized carbons (Fsp3) is 0. The smallest absolute Gasteiger partial charge is 0.215 e. The Labute approximate surface area is 108 Å². The van der Waals surface area contributed by atoms with E-state index in [1.807, 2.05) is 30.3 Å². The van der Waals surface area contributed by atoms with E-state index in [1.165, 1.54) is 0 Å². The van der Waals surface area contributed by atoms with Crippen LogP contribution in [0.1, 0.15) is 0 Å². The van der Waals surface area contributed by atoms with Crippen LogP contribution >= 0.6 is 11.6 Å². The number of nitrogen functional groups attached to an aromatic ring is 1. The van der Waals surface area contributed by atoms with Crippen LogP contribution in [0, 0.1) is 0 Å². The van der Waals surface area contributed by atoms with Crippen LogP contribution in [0.4, 0.5) is 17.3 Å². The zero-order chi connectivity index (χ0) is 12.5.